The Hall–Kier alpha value is -0.810. The Morgan fingerprint density at radius 3 is 2.75 bits per heavy atom. The number of hydrogen-bond acceptors (Lipinski definition) is 4. The largest absolute Gasteiger partial charge is 0.397 e. The standard InChI is InChI=1S/C11H18BrN3O/c1-8(2)15(4-5-16-3)11-10(12)6-9(13)7-14-11/h6-8H,4-5,13H2,1-3H3. The van der Waals surface area contributed by atoms with Gasteiger partial charge >= 0.3 is 0 Å². The zero-order valence-corrected chi connectivity index (χ0v) is 11.5. The summed E-state index contributed by atoms with van der Waals surface area (Å²) in [5.41, 5.74) is 6.33. The van der Waals surface area contributed by atoms with Gasteiger partial charge in [-0.25, -0.2) is 4.98 Å². The molecule has 16 heavy (non-hydrogen) atoms. The van der Waals surface area contributed by atoms with Crippen molar-refractivity contribution in [2.24, 2.45) is 0 Å². The van der Waals surface area contributed by atoms with Gasteiger partial charge in [0.15, 0.2) is 0 Å². The quantitative estimate of drug-likeness (QED) is 0.903. The molecule has 5 heteroatoms. The number of methoxy groups -OCH3 is 1. The van der Waals surface area contributed by atoms with Crippen molar-refractivity contribution >= 4 is 27.4 Å². The van der Waals surface area contributed by atoms with Crippen LogP contribution in [0.5, 0.6) is 0 Å². The highest BCUT2D eigenvalue weighted by molar-refractivity contribution is 9.10. The molecule has 0 aromatic carbocycles. The molecular formula is C11H18BrN3O. The number of ether oxygens (including phenoxy) is 1. The molecule has 0 bridgehead atoms. The lowest BCUT2D eigenvalue weighted by Crippen LogP contribution is -2.34. The number of pyridine rings is 1. The fraction of sp³-hybridized carbons (Fsp3) is 0.545. The van der Waals surface area contributed by atoms with Crippen molar-refractivity contribution < 1.29 is 4.74 Å². The number of aromatic nitrogens is 1. The molecule has 0 amide bonds. The van der Waals surface area contributed by atoms with Crippen LogP contribution < -0.4 is 10.6 Å². The fourth-order valence-electron chi connectivity index (χ4n) is 1.46. The fourth-order valence-corrected chi connectivity index (χ4v) is 2.05. The van der Waals surface area contributed by atoms with E-state index in [0.717, 1.165) is 16.8 Å². The minimum atomic E-state index is 0.363. The monoisotopic (exact) mass is 287 g/mol. The van der Waals surface area contributed by atoms with Crippen molar-refractivity contribution in [3.63, 3.8) is 0 Å². The van der Waals surface area contributed by atoms with Gasteiger partial charge in [-0.1, -0.05) is 0 Å². The maximum absolute atomic E-state index is 5.67. The van der Waals surface area contributed by atoms with Crippen LogP contribution in [-0.2, 0) is 4.74 Å². The summed E-state index contributed by atoms with van der Waals surface area (Å²) in [7, 11) is 1.70. The average molecular weight is 288 g/mol. The molecule has 0 radical (unpaired) electrons. The van der Waals surface area contributed by atoms with Gasteiger partial charge in [-0.15, -0.1) is 0 Å². The summed E-state index contributed by atoms with van der Waals surface area (Å²) in [4.78, 5) is 6.52. The first-order valence-corrected chi connectivity index (χ1v) is 6.02. The van der Waals surface area contributed by atoms with Gasteiger partial charge in [-0.3, -0.25) is 0 Å². The first-order valence-electron chi connectivity index (χ1n) is 5.23. The van der Waals surface area contributed by atoms with Crippen LogP contribution in [0.3, 0.4) is 0 Å². The number of nitrogen functional groups attached to an aromatic ring is 1. The van der Waals surface area contributed by atoms with Crippen molar-refractivity contribution in [2.45, 2.75) is 19.9 Å². The molecule has 1 aromatic rings. The Morgan fingerprint density at radius 1 is 1.56 bits per heavy atom. The van der Waals surface area contributed by atoms with Gasteiger partial charge in [0, 0.05) is 19.7 Å². The SMILES string of the molecule is COCCN(c1ncc(N)cc1Br)C(C)C. The molecule has 0 unspecified atom stereocenters. The maximum atomic E-state index is 5.67. The number of hydrogen-bond donors (Lipinski definition) is 1. The van der Waals surface area contributed by atoms with Gasteiger partial charge in [0.25, 0.3) is 0 Å². The molecule has 1 aromatic heterocycles. The van der Waals surface area contributed by atoms with Gasteiger partial charge in [0.1, 0.15) is 5.82 Å². The van der Waals surface area contributed by atoms with Crippen LogP contribution in [0.15, 0.2) is 16.7 Å². The molecule has 1 heterocycles. The summed E-state index contributed by atoms with van der Waals surface area (Å²) in [5.74, 6) is 0.904. The molecule has 0 saturated carbocycles. The van der Waals surface area contributed by atoms with Crippen LogP contribution in [0.1, 0.15) is 13.8 Å². The van der Waals surface area contributed by atoms with E-state index in [1.807, 2.05) is 6.07 Å². The van der Waals surface area contributed by atoms with Crippen molar-refractivity contribution in [3.8, 4) is 0 Å². The summed E-state index contributed by atoms with van der Waals surface area (Å²) in [6.07, 6.45) is 1.67. The van der Waals surface area contributed by atoms with E-state index in [1.54, 1.807) is 13.3 Å². The summed E-state index contributed by atoms with van der Waals surface area (Å²) >= 11 is 3.48. The molecule has 2 N–H and O–H groups in total. The van der Waals surface area contributed by atoms with Crippen molar-refractivity contribution in [3.05, 3.63) is 16.7 Å². The number of anilines is 2. The normalized spacial score (nSPS) is 10.8. The first kappa shape index (κ1) is 13.3. The van der Waals surface area contributed by atoms with Gasteiger partial charge in [0.2, 0.25) is 0 Å². The van der Waals surface area contributed by atoms with E-state index in [1.165, 1.54) is 0 Å². The highest BCUT2D eigenvalue weighted by atomic mass is 79.9. The van der Waals surface area contributed by atoms with Gasteiger partial charge in [-0.05, 0) is 35.8 Å². The van der Waals surface area contributed by atoms with E-state index in [2.05, 4.69) is 39.7 Å². The van der Waals surface area contributed by atoms with E-state index < -0.39 is 0 Å². The van der Waals surface area contributed by atoms with Crippen molar-refractivity contribution in [2.75, 3.05) is 30.9 Å². The van der Waals surface area contributed by atoms with Crippen LogP contribution in [0.25, 0.3) is 0 Å². The smallest absolute Gasteiger partial charge is 0.143 e. The first-order chi connectivity index (χ1) is 7.56. The molecule has 0 spiro atoms. The third-order valence-electron chi connectivity index (χ3n) is 2.27. The number of rotatable bonds is 5. The Kier molecular flexibility index (Phi) is 5.02. The second-order valence-electron chi connectivity index (χ2n) is 3.85. The van der Waals surface area contributed by atoms with Crippen molar-refractivity contribution in [1.29, 1.82) is 0 Å². The molecular weight excluding hydrogens is 270 g/mol. The number of nitrogens with zero attached hydrogens (tertiary/aromatic N) is 2. The Morgan fingerprint density at radius 2 is 2.25 bits per heavy atom. The minimum Gasteiger partial charge on any atom is -0.397 e. The predicted octanol–water partition coefficient (Wildman–Crippen LogP) is 2.29. The lowest BCUT2D eigenvalue weighted by Gasteiger charge is -2.28. The number of nitrogens with two attached hydrogens (primary N) is 1. The predicted molar refractivity (Wildman–Crippen MR) is 70.7 cm³/mol. The lowest BCUT2D eigenvalue weighted by atomic mass is 10.3. The molecule has 0 atom stereocenters. The summed E-state index contributed by atoms with van der Waals surface area (Å²) in [6, 6.07) is 2.23. The topological polar surface area (TPSA) is 51.4 Å². The minimum absolute atomic E-state index is 0.363. The number of halogens is 1. The Balaban J connectivity index is 2.92. The van der Waals surface area contributed by atoms with E-state index in [0.29, 0.717) is 18.3 Å². The molecule has 0 saturated heterocycles. The zero-order chi connectivity index (χ0) is 12.1. The van der Waals surface area contributed by atoms with Crippen LogP contribution >= 0.6 is 15.9 Å². The second kappa shape index (κ2) is 6.06. The van der Waals surface area contributed by atoms with Crippen LogP contribution in [0, 0.1) is 0 Å². The van der Waals surface area contributed by atoms with Crippen molar-refractivity contribution in [1.82, 2.24) is 4.98 Å². The second-order valence-corrected chi connectivity index (χ2v) is 4.71. The summed E-state index contributed by atoms with van der Waals surface area (Å²) in [5, 5.41) is 0. The van der Waals surface area contributed by atoms with E-state index in [-0.39, 0.29) is 0 Å². The van der Waals surface area contributed by atoms with E-state index in [9.17, 15) is 0 Å². The Labute approximate surface area is 105 Å². The van der Waals surface area contributed by atoms with Gasteiger partial charge in [0.05, 0.1) is 23.0 Å². The molecule has 0 aliphatic rings. The lowest BCUT2D eigenvalue weighted by molar-refractivity contribution is 0.203. The highest BCUT2D eigenvalue weighted by Gasteiger charge is 2.14. The van der Waals surface area contributed by atoms with Crippen LogP contribution in [0.2, 0.25) is 0 Å². The molecule has 0 aliphatic heterocycles. The summed E-state index contributed by atoms with van der Waals surface area (Å²) in [6.45, 7) is 5.74. The van der Waals surface area contributed by atoms with Crippen LogP contribution in [0.4, 0.5) is 11.5 Å². The molecule has 90 valence electrons. The maximum Gasteiger partial charge on any atom is 0.143 e. The Bertz CT molecular complexity index is 344. The molecule has 0 fully saturated rings. The van der Waals surface area contributed by atoms with E-state index in [4.69, 9.17) is 10.5 Å². The highest BCUT2D eigenvalue weighted by Crippen LogP contribution is 2.26. The molecule has 1 rings (SSSR count). The van der Waals surface area contributed by atoms with Crippen LogP contribution in [-0.4, -0.2) is 31.3 Å². The average Bonchev–Trinajstić information content (AvgIpc) is 2.20. The molecule has 4 nitrogen and oxygen atoms in total. The summed E-state index contributed by atoms with van der Waals surface area (Å²) < 4.78 is 6.01. The molecule has 0 aliphatic carbocycles. The zero-order valence-electron chi connectivity index (χ0n) is 9.90. The van der Waals surface area contributed by atoms with Gasteiger partial charge in [-0.2, -0.15) is 0 Å². The van der Waals surface area contributed by atoms with Gasteiger partial charge < -0.3 is 15.4 Å². The third-order valence-corrected chi connectivity index (χ3v) is 2.86. The van der Waals surface area contributed by atoms with E-state index >= 15 is 0 Å². The third kappa shape index (κ3) is 3.35.